The number of fused-ring (bicyclic) bond motifs is 1. The molecule has 1 aromatic carbocycles. The Morgan fingerprint density at radius 2 is 1.93 bits per heavy atom. The van der Waals surface area contributed by atoms with Crippen LogP contribution in [0.1, 0.15) is 36.0 Å². The first-order chi connectivity index (χ1) is 14.5. The standard InChI is InChI=1S/C22H27N3O4S/c1-29-21-13-16(7-10-23-21)15-24-22(26)18-8-11-25(12-9-18)30(27,28)20-6-5-17-3-2-4-19(17)14-20/h5-7,10,13-14,18H,2-4,8-9,11-12,15H2,1H3,(H,24,26). The minimum atomic E-state index is -3.51. The molecule has 2 aromatic rings. The summed E-state index contributed by atoms with van der Waals surface area (Å²) in [7, 11) is -1.96. The second kappa shape index (κ2) is 8.73. The zero-order chi connectivity index (χ0) is 21.1. The van der Waals surface area contributed by atoms with Crippen molar-refractivity contribution in [2.45, 2.75) is 43.5 Å². The third-order valence-electron chi connectivity index (χ3n) is 6.01. The maximum atomic E-state index is 13.0. The van der Waals surface area contributed by atoms with Gasteiger partial charge in [0.2, 0.25) is 21.8 Å². The van der Waals surface area contributed by atoms with Gasteiger partial charge in [0.05, 0.1) is 12.0 Å². The second-order valence-electron chi connectivity index (χ2n) is 7.89. The van der Waals surface area contributed by atoms with Crippen molar-refractivity contribution in [2.75, 3.05) is 20.2 Å². The topological polar surface area (TPSA) is 88.6 Å². The number of sulfonamides is 1. The third-order valence-corrected chi connectivity index (χ3v) is 7.90. The number of nitrogens with zero attached hydrogens (tertiary/aromatic N) is 2. The molecule has 2 aliphatic rings. The summed E-state index contributed by atoms with van der Waals surface area (Å²) in [5, 5.41) is 2.94. The largest absolute Gasteiger partial charge is 0.481 e. The van der Waals surface area contributed by atoms with E-state index in [1.807, 2.05) is 18.2 Å². The average Bonchev–Trinajstić information content (AvgIpc) is 3.25. The number of hydrogen-bond acceptors (Lipinski definition) is 5. The second-order valence-corrected chi connectivity index (χ2v) is 9.82. The lowest BCUT2D eigenvalue weighted by atomic mass is 9.97. The molecule has 7 nitrogen and oxygen atoms in total. The molecular formula is C22H27N3O4S. The summed E-state index contributed by atoms with van der Waals surface area (Å²) in [4.78, 5) is 17.0. The van der Waals surface area contributed by atoms with Gasteiger partial charge in [0, 0.05) is 37.8 Å². The van der Waals surface area contributed by atoms with E-state index < -0.39 is 10.0 Å². The highest BCUT2D eigenvalue weighted by Gasteiger charge is 2.32. The van der Waals surface area contributed by atoms with Gasteiger partial charge >= 0.3 is 0 Å². The van der Waals surface area contributed by atoms with Gasteiger partial charge in [-0.25, -0.2) is 13.4 Å². The monoisotopic (exact) mass is 429 g/mol. The van der Waals surface area contributed by atoms with Crippen molar-refractivity contribution in [3.05, 3.63) is 53.2 Å². The zero-order valence-corrected chi connectivity index (χ0v) is 18.0. The molecule has 8 heteroatoms. The molecule has 0 atom stereocenters. The predicted molar refractivity (Wildman–Crippen MR) is 113 cm³/mol. The number of hydrogen-bond donors (Lipinski definition) is 1. The maximum Gasteiger partial charge on any atom is 0.243 e. The number of carbonyl (C=O) groups is 1. The van der Waals surface area contributed by atoms with Crippen molar-refractivity contribution < 1.29 is 17.9 Å². The summed E-state index contributed by atoms with van der Waals surface area (Å²) in [5.74, 6) is 0.285. The number of aromatic nitrogens is 1. The number of methoxy groups -OCH3 is 1. The molecule has 4 rings (SSSR count). The number of nitrogens with one attached hydrogen (secondary N) is 1. The molecule has 1 aliphatic heterocycles. The lowest BCUT2D eigenvalue weighted by molar-refractivity contribution is -0.126. The van der Waals surface area contributed by atoms with E-state index in [0.717, 1.165) is 30.4 Å². The summed E-state index contributed by atoms with van der Waals surface area (Å²) in [6, 6.07) is 9.12. The summed E-state index contributed by atoms with van der Waals surface area (Å²) in [6.07, 6.45) is 5.76. The Bertz CT molecular complexity index is 1030. The van der Waals surface area contributed by atoms with E-state index in [1.165, 1.54) is 9.87 Å². The number of piperidine rings is 1. The summed E-state index contributed by atoms with van der Waals surface area (Å²) < 4.78 is 32.7. The maximum absolute atomic E-state index is 13.0. The van der Waals surface area contributed by atoms with Gasteiger partial charge in [0.1, 0.15) is 0 Å². The van der Waals surface area contributed by atoms with E-state index in [1.54, 1.807) is 25.4 Å². The molecule has 30 heavy (non-hydrogen) atoms. The Labute approximate surface area is 177 Å². The zero-order valence-electron chi connectivity index (χ0n) is 17.1. The molecule has 1 aliphatic carbocycles. The molecule has 1 fully saturated rings. The molecule has 0 bridgehead atoms. The number of rotatable bonds is 6. The molecule has 0 saturated carbocycles. The quantitative estimate of drug-likeness (QED) is 0.761. The van der Waals surface area contributed by atoms with Crippen LogP contribution in [0.5, 0.6) is 5.88 Å². The van der Waals surface area contributed by atoms with Crippen molar-refractivity contribution in [3.8, 4) is 5.88 Å². The van der Waals surface area contributed by atoms with Crippen molar-refractivity contribution >= 4 is 15.9 Å². The normalized spacial score (nSPS) is 17.5. The first-order valence-corrected chi connectivity index (χ1v) is 11.8. The predicted octanol–water partition coefficient (Wildman–Crippen LogP) is 2.30. The smallest absolute Gasteiger partial charge is 0.243 e. The van der Waals surface area contributed by atoms with Crippen molar-refractivity contribution in [3.63, 3.8) is 0 Å². The van der Waals surface area contributed by atoms with Gasteiger partial charge < -0.3 is 10.1 Å². The van der Waals surface area contributed by atoms with Crippen LogP contribution >= 0.6 is 0 Å². The van der Waals surface area contributed by atoms with Gasteiger partial charge in [-0.1, -0.05) is 6.07 Å². The van der Waals surface area contributed by atoms with Crippen molar-refractivity contribution in [1.29, 1.82) is 0 Å². The Morgan fingerprint density at radius 1 is 1.17 bits per heavy atom. The first-order valence-electron chi connectivity index (χ1n) is 10.4. The molecule has 0 spiro atoms. The third kappa shape index (κ3) is 4.34. The van der Waals surface area contributed by atoms with Gasteiger partial charge in [-0.15, -0.1) is 0 Å². The summed E-state index contributed by atoms with van der Waals surface area (Å²) >= 11 is 0. The summed E-state index contributed by atoms with van der Waals surface area (Å²) in [5.41, 5.74) is 3.32. The number of ether oxygens (including phenoxy) is 1. The van der Waals surface area contributed by atoms with Crippen LogP contribution in [0.15, 0.2) is 41.4 Å². The van der Waals surface area contributed by atoms with Crippen molar-refractivity contribution in [2.24, 2.45) is 5.92 Å². The number of aryl methyl sites for hydroxylation is 2. The fourth-order valence-corrected chi connectivity index (χ4v) is 5.74. The molecule has 1 N–H and O–H groups in total. The Morgan fingerprint density at radius 3 is 2.70 bits per heavy atom. The number of amides is 1. The van der Waals surface area contributed by atoms with Crippen LogP contribution < -0.4 is 10.1 Å². The first kappa shape index (κ1) is 20.8. The summed E-state index contributed by atoms with van der Waals surface area (Å²) in [6.45, 7) is 1.12. The van der Waals surface area contributed by atoms with Crippen LogP contribution in [0.2, 0.25) is 0 Å². The van der Waals surface area contributed by atoms with E-state index >= 15 is 0 Å². The molecule has 1 amide bonds. The van der Waals surface area contributed by atoms with Crippen LogP contribution in [0.3, 0.4) is 0 Å². The SMILES string of the molecule is COc1cc(CNC(=O)C2CCN(S(=O)(=O)c3ccc4c(c3)CCC4)CC2)ccn1. The Kier molecular flexibility index (Phi) is 6.06. The molecule has 0 radical (unpaired) electrons. The fourth-order valence-electron chi connectivity index (χ4n) is 4.22. The number of carbonyl (C=O) groups excluding carboxylic acids is 1. The van der Waals surface area contributed by atoms with E-state index in [9.17, 15) is 13.2 Å². The van der Waals surface area contributed by atoms with E-state index in [4.69, 9.17) is 4.74 Å². The Balaban J connectivity index is 1.33. The van der Waals surface area contributed by atoms with Crippen LogP contribution in [0.25, 0.3) is 0 Å². The lowest BCUT2D eigenvalue weighted by Gasteiger charge is -2.30. The van der Waals surface area contributed by atoms with Gasteiger partial charge in [0.15, 0.2) is 0 Å². The molecular weight excluding hydrogens is 402 g/mol. The van der Waals surface area contributed by atoms with Crippen LogP contribution in [-0.2, 0) is 34.2 Å². The highest BCUT2D eigenvalue weighted by atomic mass is 32.2. The number of pyridine rings is 1. The molecule has 160 valence electrons. The fraction of sp³-hybridized carbons (Fsp3) is 0.455. The molecule has 1 saturated heterocycles. The highest BCUT2D eigenvalue weighted by molar-refractivity contribution is 7.89. The van der Waals surface area contributed by atoms with Gasteiger partial charge in [-0.2, -0.15) is 4.31 Å². The highest BCUT2D eigenvalue weighted by Crippen LogP contribution is 2.28. The van der Waals surface area contributed by atoms with Crippen LogP contribution in [0.4, 0.5) is 0 Å². The van der Waals surface area contributed by atoms with Crippen LogP contribution in [-0.4, -0.2) is 43.8 Å². The van der Waals surface area contributed by atoms with E-state index in [0.29, 0.717) is 43.3 Å². The van der Waals surface area contributed by atoms with Gasteiger partial charge in [-0.05, 0) is 67.0 Å². The van der Waals surface area contributed by atoms with E-state index in [-0.39, 0.29) is 11.8 Å². The van der Waals surface area contributed by atoms with E-state index in [2.05, 4.69) is 10.3 Å². The van der Waals surface area contributed by atoms with Crippen molar-refractivity contribution in [1.82, 2.24) is 14.6 Å². The lowest BCUT2D eigenvalue weighted by Crippen LogP contribution is -2.42. The minimum Gasteiger partial charge on any atom is -0.481 e. The van der Waals surface area contributed by atoms with Gasteiger partial charge in [-0.3, -0.25) is 4.79 Å². The minimum absolute atomic E-state index is 0.0413. The molecule has 2 heterocycles. The molecule has 1 aromatic heterocycles. The average molecular weight is 430 g/mol. The van der Waals surface area contributed by atoms with Gasteiger partial charge in [0.25, 0.3) is 0 Å². The number of benzene rings is 1. The Hall–Kier alpha value is -2.45. The van der Waals surface area contributed by atoms with Crippen LogP contribution in [0, 0.1) is 5.92 Å². The molecule has 0 unspecified atom stereocenters.